The van der Waals surface area contributed by atoms with Gasteiger partial charge in [-0.05, 0) is 31.8 Å². The molecule has 0 saturated carbocycles. The molecular formula is C12H21N. The van der Waals surface area contributed by atoms with Crippen molar-refractivity contribution in [3.63, 3.8) is 0 Å². The second-order valence-corrected chi connectivity index (χ2v) is 3.56. The lowest BCUT2D eigenvalue weighted by Gasteiger charge is -2.18. The standard InChI is InChI=1S/C10H15N.C2H6/c1-8-4-3-5-10-9(8)6-7-11(10)2;1-2/h5H,3-4,6-7H2,1-2H3;1-2H3. The van der Waals surface area contributed by atoms with Crippen LogP contribution >= 0.6 is 0 Å². The van der Waals surface area contributed by atoms with E-state index in [-0.39, 0.29) is 0 Å². The van der Waals surface area contributed by atoms with Crippen LogP contribution in [-0.2, 0) is 0 Å². The number of rotatable bonds is 0. The summed E-state index contributed by atoms with van der Waals surface area (Å²) < 4.78 is 0. The van der Waals surface area contributed by atoms with Crippen LogP contribution in [0.1, 0.15) is 40.0 Å². The smallest absolute Gasteiger partial charge is 0.0355 e. The van der Waals surface area contributed by atoms with Crippen molar-refractivity contribution in [2.45, 2.75) is 40.0 Å². The Balaban J connectivity index is 0.000000396. The Morgan fingerprint density at radius 3 is 2.54 bits per heavy atom. The third-order valence-electron chi connectivity index (χ3n) is 2.79. The Morgan fingerprint density at radius 2 is 1.92 bits per heavy atom. The Hall–Kier alpha value is -0.720. The van der Waals surface area contributed by atoms with Gasteiger partial charge in [-0.25, -0.2) is 0 Å². The zero-order chi connectivity index (χ0) is 9.84. The van der Waals surface area contributed by atoms with Crippen molar-refractivity contribution in [1.82, 2.24) is 4.90 Å². The molecule has 2 rings (SSSR count). The van der Waals surface area contributed by atoms with Crippen LogP contribution in [0.4, 0.5) is 0 Å². The number of allylic oxidation sites excluding steroid dienone is 3. The van der Waals surface area contributed by atoms with Gasteiger partial charge >= 0.3 is 0 Å². The van der Waals surface area contributed by atoms with Crippen molar-refractivity contribution in [3.05, 3.63) is 22.9 Å². The predicted molar refractivity (Wildman–Crippen MR) is 58.6 cm³/mol. The fourth-order valence-electron chi connectivity index (χ4n) is 2.05. The van der Waals surface area contributed by atoms with Crippen LogP contribution in [-0.4, -0.2) is 18.5 Å². The highest BCUT2D eigenvalue weighted by Crippen LogP contribution is 2.33. The van der Waals surface area contributed by atoms with Gasteiger partial charge in [0, 0.05) is 19.3 Å². The average molecular weight is 179 g/mol. The largest absolute Gasteiger partial charge is 0.374 e. The first kappa shape index (κ1) is 10.4. The van der Waals surface area contributed by atoms with Crippen LogP contribution in [0.25, 0.3) is 0 Å². The molecule has 1 heteroatoms. The molecule has 1 aliphatic heterocycles. The summed E-state index contributed by atoms with van der Waals surface area (Å²) in [4.78, 5) is 2.37. The molecule has 2 aliphatic rings. The molecule has 0 radical (unpaired) electrons. The average Bonchev–Trinajstić information content (AvgIpc) is 2.53. The van der Waals surface area contributed by atoms with E-state index in [4.69, 9.17) is 0 Å². The first-order valence-electron chi connectivity index (χ1n) is 5.39. The van der Waals surface area contributed by atoms with Gasteiger partial charge in [-0.15, -0.1) is 0 Å². The fourth-order valence-corrected chi connectivity index (χ4v) is 2.05. The maximum atomic E-state index is 2.38. The summed E-state index contributed by atoms with van der Waals surface area (Å²) in [5.41, 5.74) is 4.75. The normalized spacial score (nSPS) is 20.6. The summed E-state index contributed by atoms with van der Waals surface area (Å²) in [6.07, 6.45) is 6.19. The van der Waals surface area contributed by atoms with Crippen molar-refractivity contribution in [2.24, 2.45) is 0 Å². The molecule has 0 bridgehead atoms. The molecule has 1 fully saturated rings. The van der Waals surface area contributed by atoms with Crippen molar-refractivity contribution in [3.8, 4) is 0 Å². The van der Waals surface area contributed by atoms with Crippen molar-refractivity contribution < 1.29 is 0 Å². The minimum atomic E-state index is 1.22. The third kappa shape index (κ3) is 1.96. The molecule has 74 valence electrons. The van der Waals surface area contributed by atoms with E-state index in [0.29, 0.717) is 0 Å². The van der Waals surface area contributed by atoms with E-state index >= 15 is 0 Å². The zero-order valence-electron chi connectivity index (χ0n) is 9.35. The van der Waals surface area contributed by atoms with Crippen LogP contribution in [0.2, 0.25) is 0 Å². The van der Waals surface area contributed by atoms with E-state index in [0.717, 1.165) is 0 Å². The van der Waals surface area contributed by atoms with Gasteiger partial charge < -0.3 is 4.90 Å². The maximum Gasteiger partial charge on any atom is 0.0355 e. The van der Waals surface area contributed by atoms with Crippen molar-refractivity contribution >= 4 is 0 Å². The molecule has 1 saturated heterocycles. The summed E-state index contributed by atoms with van der Waals surface area (Å²) in [6, 6.07) is 0. The molecule has 0 aromatic heterocycles. The van der Waals surface area contributed by atoms with Gasteiger partial charge in [-0.1, -0.05) is 25.5 Å². The minimum absolute atomic E-state index is 1.22. The second-order valence-electron chi connectivity index (χ2n) is 3.56. The van der Waals surface area contributed by atoms with E-state index in [9.17, 15) is 0 Å². The Labute approximate surface area is 82.1 Å². The third-order valence-corrected chi connectivity index (χ3v) is 2.79. The lowest BCUT2D eigenvalue weighted by molar-refractivity contribution is 0.479. The molecule has 0 atom stereocenters. The maximum absolute atomic E-state index is 2.38. The van der Waals surface area contributed by atoms with E-state index in [1.807, 2.05) is 13.8 Å². The number of nitrogens with zero attached hydrogens (tertiary/aromatic N) is 1. The molecule has 0 N–H and O–H groups in total. The number of hydrogen-bond acceptors (Lipinski definition) is 1. The number of fused-ring (bicyclic) bond motifs is 1. The van der Waals surface area contributed by atoms with E-state index in [1.165, 1.54) is 31.5 Å². The lowest BCUT2D eigenvalue weighted by Crippen LogP contribution is -2.11. The van der Waals surface area contributed by atoms with Crippen LogP contribution in [0.3, 0.4) is 0 Å². The number of likely N-dealkylation sites (N-methyl/N-ethyl adjacent to an activating group) is 1. The van der Waals surface area contributed by atoms with Crippen LogP contribution in [0, 0.1) is 0 Å². The molecule has 0 amide bonds. The summed E-state index contributed by atoms with van der Waals surface area (Å²) in [6.45, 7) is 7.50. The summed E-state index contributed by atoms with van der Waals surface area (Å²) in [7, 11) is 2.19. The van der Waals surface area contributed by atoms with Gasteiger partial charge in [0.25, 0.3) is 0 Å². The fraction of sp³-hybridized carbons (Fsp3) is 0.667. The SMILES string of the molecule is CC.CC1=C2CCN(C)C2=CCC1. The van der Waals surface area contributed by atoms with E-state index < -0.39 is 0 Å². The molecular weight excluding hydrogens is 158 g/mol. The van der Waals surface area contributed by atoms with E-state index in [1.54, 1.807) is 11.1 Å². The van der Waals surface area contributed by atoms with Gasteiger partial charge in [0.1, 0.15) is 0 Å². The number of hydrogen-bond donors (Lipinski definition) is 0. The van der Waals surface area contributed by atoms with Gasteiger partial charge in [0.05, 0.1) is 0 Å². The van der Waals surface area contributed by atoms with Crippen molar-refractivity contribution in [2.75, 3.05) is 13.6 Å². The zero-order valence-corrected chi connectivity index (χ0v) is 9.35. The van der Waals surface area contributed by atoms with Crippen LogP contribution < -0.4 is 0 Å². The highest BCUT2D eigenvalue weighted by molar-refractivity contribution is 5.40. The first-order chi connectivity index (χ1) is 6.29. The van der Waals surface area contributed by atoms with Gasteiger partial charge in [0.15, 0.2) is 0 Å². The van der Waals surface area contributed by atoms with Gasteiger partial charge in [-0.3, -0.25) is 0 Å². The highest BCUT2D eigenvalue weighted by Gasteiger charge is 2.22. The van der Waals surface area contributed by atoms with Gasteiger partial charge in [0.2, 0.25) is 0 Å². The second kappa shape index (κ2) is 4.50. The lowest BCUT2D eigenvalue weighted by atomic mass is 9.96. The molecule has 1 heterocycles. The Morgan fingerprint density at radius 1 is 1.23 bits per heavy atom. The Kier molecular flexibility index (Phi) is 3.58. The topological polar surface area (TPSA) is 3.24 Å². The van der Waals surface area contributed by atoms with Gasteiger partial charge in [-0.2, -0.15) is 0 Å². The predicted octanol–water partition coefficient (Wildman–Crippen LogP) is 3.34. The molecule has 0 spiro atoms. The van der Waals surface area contributed by atoms with E-state index in [2.05, 4.69) is 24.9 Å². The molecule has 1 aliphatic carbocycles. The van der Waals surface area contributed by atoms with Crippen molar-refractivity contribution in [1.29, 1.82) is 0 Å². The minimum Gasteiger partial charge on any atom is -0.374 e. The summed E-state index contributed by atoms with van der Waals surface area (Å²) in [5, 5.41) is 0. The molecule has 13 heavy (non-hydrogen) atoms. The Bertz CT molecular complexity index is 236. The number of likely N-dealkylation sites (tertiary alicyclic amines) is 1. The van der Waals surface area contributed by atoms with Crippen LogP contribution in [0.5, 0.6) is 0 Å². The summed E-state index contributed by atoms with van der Waals surface area (Å²) in [5.74, 6) is 0. The quantitative estimate of drug-likeness (QED) is 0.551. The molecule has 0 aromatic rings. The monoisotopic (exact) mass is 179 g/mol. The molecule has 1 nitrogen and oxygen atoms in total. The molecule has 0 aromatic carbocycles. The first-order valence-corrected chi connectivity index (χ1v) is 5.39. The molecule has 0 unspecified atom stereocenters. The highest BCUT2D eigenvalue weighted by atomic mass is 15.1. The van der Waals surface area contributed by atoms with Crippen LogP contribution in [0.15, 0.2) is 22.9 Å². The summed E-state index contributed by atoms with van der Waals surface area (Å²) >= 11 is 0.